The molecule has 4 amide bonds. The molecule has 0 saturated carbocycles. The van der Waals surface area contributed by atoms with Crippen LogP contribution in [0.2, 0.25) is 0 Å². The van der Waals surface area contributed by atoms with E-state index in [1.807, 2.05) is 13.8 Å². The van der Waals surface area contributed by atoms with Gasteiger partial charge < -0.3 is 25.4 Å². The van der Waals surface area contributed by atoms with Crippen molar-refractivity contribution in [2.75, 3.05) is 36.3 Å². The number of ether oxygens (including phenoxy) is 2. The predicted octanol–water partition coefficient (Wildman–Crippen LogP) is 2.84. The van der Waals surface area contributed by atoms with Crippen LogP contribution < -0.4 is 30.3 Å². The largest absolute Gasteiger partial charge is 0.497 e. The van der Waals surface area contributed by atoms with Crippen LogP contribution in [-0.2, 0) is 9.59 Å². The first-order valence-electron chi connectivity index (χ1n) is 9.83. The van der Waals surface area contributed by atoms with E-state index in [1.165, 1.54) is 19.1 Å². The summed E-state index contributed by atoms with van der Waals surface area (Å²) < 4.78 is 10.5. The van der Waals surface area contributed by atoms with E-state index < -0.39 is 18.0 Å². The minimum atomic E-state index is -0.832. The van der Waals surface area contributed by atoms with Gasteiger partial charge >= 0.3 is 6.03 Å². The summed E-state index contributed by atoms with van der Waals surface area (Å²) in [5.74, 6) is 0.146. The Labute approximate surface area is 180 Å². The second-order valence-electron chi connectivity index (χ2n) is 7.41. The third-order valence-electron chi connectivity index (χ3n) is 4.86. The van der Waals surface area contributed by atoms with Crippen LogP contribution in [0.4, 0.5) is 21.9 Å². The number of anilines is 3. The van der Waals surface area contributed by atoms with Gasteiger partial charge in [-0.15, -0.1) is 0 Å². The Balaban J connectivity index is 1.78. The number of urea groups is 1. The number of para-hydroxylation sites is 2. The molecular weight excluding hydrogens is 400 g/mol. The van der Waals surface area contributed by atoms with Crippen molar-refractivity contribution in [1.82, 2.24) is 5.32 Å². The van der Waals surface area contributed by atoms with Crippen molar-refractivity contribution in [1.29, 1.82) is 0 Å². The van der Waals surface area contributed by atoms with E-state index in [0.717, 1.165) is 0 Å². The van der Waals surface area contributed by atoms with E-state index in [4.69, 9.17) is 9.47 Å². The Morgan fingerprint density at radius 3 is 2.32 bits per heavy atom. The van der Waals surface area contributed by atoms with Crippen molar-refractivity contribution in [3.63, 3.8) is 0 Å². The highest BCUT2D eigenvalue weighted by Gasteiger charge is 2.31. The number of carbonyl (C=O) groups excluding carboxylic acids is 3. The number of rotatable bonds is 6. The predicted molar refractivity (Wildman–Crippen MR) is 118 cm³/mol. The average molecular weight is 426 g/mol. The van der Waals surface area contributed by atoms with Crippen LogP contribution in [0.5, 0.6) is 11.5 Å². The Kier molecular flexibility index (Phi) is 6.64. The molecule has 2 aromatic carbocycles. The zero-order valence-corrected chi connectivity index (χ0v) is 17.9. The van der Waals surface area contributed by atoms with Gasteiger partial charge in [0.15, 0.2) is 0 Å². The Hall–Kier alpha value is -3.75. The molecule has 0 aromatic heterocycles. The monoisotopic (exact) mass is 426 g/mol. The van der Waals surface area contributed by atoms with Crippen molar-refractivity contribution >= 4 is 34.9 Å². The van der Waals surface area contributed by atoms with Gasteiger partial charge in [-0.1, -0.05) is 26.0 Å². The molecule has 0 saturated heterocycles. The maximum Gasteiger partial charge on any atom is 0.323 e. The molecule has 1 heterocycles. The molecule has 9 nitrogen and oxygen atoms in total. The first-order valence-corrected chi connectivity index (χ1v) is 9.83. The Morgan fingerprint density at radius 1 is 1.06 bits per heavy atom. The van der Waals surface area contributed by atoms with Crippen molar-refractivity contribution in [2.45, 2.75) is 19.9 Å². The molecule has 0 fully saturated rings. The van der Waals surface area contributed by atoms with Gasteiger partial charge in [-0.25, -0.2) is 4.79 Å². The fraction of sp³-hybridized carbons (Fsp3) is 0.318. The van der Waals surface area contributed by atoms with E-state index in [1.54, 1.807) is 42.5 Å². The normalized spacial score (nSPS) is 13.7. The zero-order valence-electron chi connectivity index (χ0n) is 17.9. The molecule has 1 aliphatic rings. The third-order valence-corrected chi connectivity index (χ3v) is 4.86. The Bertz CT molecular complexity index is 969. The quantitative estimate of drug-likeness (QED) is 0.658. The number of carbonyl (C=O) groups is 3. The van der Waals surface area contributed by atoms with Gasteiger partial charge in [-0.2, -0.15) is 0 Å². The molecule has 0 aliphatic carbocycles. The summed E-state index contributed by atoms with van der Waals surface area (Å²) in [4.78, 5) is 39.3. The fourth-order valence-electron chi connectivity index (χ4n) is 3.26. The van der Waals surface area contributed by atoms with Crippen molar-refractivity contribution in [3.8, 4) is 11.5 Å². The van der Waals surface area contributed by atoms with E-state index in [9.17, 15) is 14.4 Å². The first kappa shape index (κ1) is 21.9. The van der Waals surface area contributed by atoms with Gasteiger partial charge in [0.2, 0.25) is 11.8 Å². The molecule has 3 rings (SSSR count). The van der Waals surface area contributed by atoms with Crippen molar-refractivity contribution < 1.29 is 23.9 Å². The molecule has 31 heavy (non-hydrogen) atoms. The average Bonchev–Trinajstić information content (AvgIpc) is 2.75. The molecule has 9 heteroatoms. The van der Waals surface area contributed by atoms with E-state index in [0.29, 0.717) is 28.6 Å². The van der Waals surface area contributed by atoms with Crippen LogP contribution in [0.15, 0.2) is 42.5 Å². The standard InChI is InChI=1S/C22H26N4O5/c1-13(2)20(21(28)23-14-9-15(30-3)11-16(10-14)31-4)25-22(29)26-12-19(27)24-17-7-5-6-8-18(17)26/h5-11,13,20H,12H2,1-4H3,(H,23,28)(H,24,27)(H,25,29)/t20-/m1/s1. The lowest BCUT2D eigenvalue weighted by Gasteiger charge is -2.31. The van der Waals surface area contributed by atoms with Crippen LogP contribution in [0.25, 0.3) is 0 Å². The van der Waals surface area contributed by atoms with Crippen LogP contribution >= 0.6 is 0 Å². The van der Waals surface area contributed by atoms with Crippen LogP contribution in [0.3, 0.4) is 0 Å². The molecule has 0 radical (unpaired) electrons. The summed E-state index contributed by atoms with van der Waals surface area (Å²) >= 11 is 0. The third kappa shape index (κ3) is 5.06. The minimum absolute atomic E-state index is 0.137. The van der Waals surface area contributed by atoms with Gasteiger partial charge in [0.25, 0.3) is 0 Å². The minimum Gasteiger partial charge on any atom is -0.497 e. The molecule has 0 spiro atoms. The topological polar surface area (TPSA) is 109 Å². The molecule has 0 bridgehead atoms. The number of nitrogens with zero attached hydrogens (tertiary/aromatic N) is 1. The van der Waals surface area contributed by atoms with Gasteiger partial charge in [-0.05, 0) is 18.1 Å². The highest BCUT2D eigenvalue weighted by atomic mass is 16.5. The summed E-state index contributed by atoms with van der Waals surface area (Å²) in [5.41, 5.74) is 1.59. The number of hydrogen-bond donors (Lipinski definition) is 3. The highest BCUT2D eigenvalue weighted by Crippen LogP contribution is 2.29. The SMILES string of the molecule is COc1cc(NC(=O)[C@H](NC(=O)N2CC(=O)Nc3ccccc32)C(C)C)cc(OC)c1. The zero-order chi connectivity index (χ0) is 22.5. The van der Waals surface area contributed by atoms with E-state index in [-0.39, 0.29) is 18.4 Å². The maximum atomic E-state index is 13.0. The van der Waals surface area contributed by atoms with Crippen LogP contribution in [-0.4, -0.2) is 44.7 Å². The van der Waals surface area contributed by atoms with Gasteiger partial charge in [-0.3, -0.25) is 14.5 Å². The number of methoxy groups -OCH3 is 2. The lowest BCUT2D eigenvalue weighted by atomic mass is 10.0. The van der Waals surface area contributed by atoms with Gasteiger partial charge in [0.05, 0.1) is 25.6 Å². The summed E-state index contributed by atoms with van der Waals surface area (Å²) in [6.07, 6.45) is 0. The molecule has 1 aliphatic heterocycles. The van der Waals surface area contributed by atoms with E-state index >= 15 is 0 Å². The van der Waals surface area contributed by atoms with Gasteiger partial charge in [0.1, 0.15) is 24.1 Å². The lowest BCUT2D eigenvalue weighted by Crippen LogP contribution is -2.54. The van der Waals surface area contributed by atoms with Crippen molar-refractivity contribution in [3.05, 3.63) is 42.5 Å². The molecular formula is C22H26N4O5. The summed E-state index contributed by atoms with van der Waals surface area (Å²) in [7, 11) is 3.04. The number of benzene rings is 2. The molecule has 2 aromatic rings. The number of nitrogens with one attached hydrogen (secondary N) is 3. The number of amides is 4. The Morgan fingerprint density at radius 2 is 1.71 bits per heavy atom. The fourth-order valence-corrected chi connectivity index (χ4v) is 3.26. The summed E-state index contributed by atoms with van der Waals surface area (Å²) in [5, 5.41) is 8.29. The lowest BCUT2D eigenvalue weighted by molar-refractivity contribution is -0.118. The number of fused-ring (bicyclic) bond motifs is 1. The van der Waals surface area contributed by atoms with E-state index in [2.05, 4.69) is 16.0 Å². The second-order valence-corrected chi connectivity index (χ2v) is 7.41. The number of hydrogen-bond acceptors (Lipinski definition) is 5. The molecule has 164 valence electrons. The van der Waals surface area contributed by atoms with Gasteiger partial charge in [0, 0.05) is 23.9 Å². The summed E-state index contributed by atoms with van der Waals surface area (Å²) in [6, 6.07) is 10.6. The molecule has 0 unspecified atom stereocenters. The highest BCUT2D eigenvalue weighted by molar-refractivity contribution is 6.10. The maximum absolute atomic E-state index is 13.0. The van der Waals surface area contributed by atoms with Crippen LogP contribution in [0.1, 0.15) is 13.8 Å². The molecule has 1 atom stereocenters. The smallest absolute Gasteiger partial charge is 0.323 e. The van der Waals surface area contributed by atoms with Crippen LogP contribution in [0, 0.1) is 5.92 Å². The second kappa shape index (κ2) is 9.38. The first-order chi connectivity index (χ1) is 14.8. The summed E-state index contributed by atoms with van der Waals surface area (Å²) in [6.45, 7) is 3.52. The molecule has 3 N–H and O–H groups in total. The van der Waals surface area contributed by atoms with Crippen molar-refractivity contribution in [2.24, 2.45) is 5.92 Å².